The number of hydrogen-bond acceptors (Lipinski definition) is 5. The Labute approximate surface area is 116 Å². The molecule has 0 fully saturated rings. The molecular weight excluding hydrogens is 262 g/mol. The molecule has 1 unspecified atom stereocenters. The number of aromatic nitrogens is 1. The average Bonchev–Trinajstić information content (AvgIpc) is 2.96. The molecule has 0 bridgehead atoms. The first-order chi connectivity index (χ1) is 8.68. The maximum Gasteiger partial charge on any atom is 0.0798 e. The van der Waals surface area contributed by atoms with Crippen molar-refractivity contribution in [1.82, 2.24) is 15.2 Å². The summed E-state index contributed by atoms with van der Waals surface area (Å²) in [5.41, 5.74) is 3.06. The minimum atomic E-state index is 0.443. The minimum absolute atomic E-state index is 0.443. The third kappa shape index (κ3) is 3.38. The predicted octanol–water partition coefficient (Wildman–Crippen LogP) is 2.91. The smallest absolute Gasteiger partial charge is 0.0798 e. The van der Waals surface area contributed by atoms with Gasteiger partial charge in [-0.05, 0) is 32.5 Å². The van der Waals surface area contributed by atoms with Crippen molar-refractivity contribution in [3.63, 3.8) is 0 Å². The number of rotatable bonds is 6. The number of thiophene rings is 1. The van der Waals surface area contributed by atoms with Crippen LogP contribution >= 0.6 is 22.7 Å². The van der Waals surface area contributed by atoms with Crippen LogP contribution in [-0.2, 0) is 6.54 Å². The van der Waals surface area contributed by atoms with E-state index in [1.807, 2.05) is 16.8 Å². The summed E-state index contributed by atoms with van der Waals surface area (Å²) < 4.78 is 0. The lowest BCUT2D eigenvalue weighted by Gasteiger charge is -2.23. The van der Waals surface area contributed by atoms with Crippen LogP contribution in [0, 0.1) is 6.92 Å². The molecule has 0 radical (unpaired) electrons. The van der Waals surface area contributed by atoms with E-state index in [-0.39, 0.29) is 0 Å². The zero-order valence-electron chi connectivity index (χ0n) is 11.0. The van der Waals surface area contributed by atoms with Gasteiger partial charge in [-0.25, -0.2) is 4.98 Å². The Hall–Kier alpha value is -0.750. The third-order valence-corrected chi connectivity index (χ3v) is 4.87. The monoisotopic (exact) mass is 281 g/mol. The van der Waals surface area contributed by atoms with Crippen LogP contribution in [0.4, 0.5) is 0 Å². The van der Waals surface area contributed by atoms with Gasteiger partial charge in [-0.1, -0.05) is 6.07 Å². The van der Waals surface area contributed by atoms with E-state index in [1.54, 1.807) is 11.3 Å². The van der Waals surface area contributed by atoms with E-state index < -0.39 is 0 Å². The van der Waals surface area contributed by atoms with Gasteiger partial charge in [-0.15, -0.1) is 22.7 Å². The summed E-state index contributed by atoms with van der Waals surface area (Å²) in [5, 5.41) is 5.67. The lowest BCUT2D eigenvalue weighted by molar-refractivity contribution is 0.292. The van der Waals surface area contributed by atoms with Crippen LogP contribution in [0.15, 0.2) is 23.0 Å². The van der Waals surface area contributed by atoms with Gasteiger partial charge in [-0.2, -0.15) is 0 Å². The quantitative estimate of drug-likeness (QED) is 0.882. The molecule has 5 heteroatoms. The van der Waals surface area contributed by atoms with Crippen LogP contribution in [0.2, 0.25) is 0 Å². The summed E-state index contributed by atoms with van der Waals surface area (Å²) in [6.07, 6.45) is 0. The first kappa shape index (κ1) is 13.7. The molecule has 0 aliphatic heterocycles. The molecule has 1 N–H and O–H groups in total. The fraction of sp³-hybridized carbons (Fsp3) is 0.462. The fourth-order valence-corrected chi connectivity index (χ4v) is 3.51. The van der Waals surface area contributed by atoms with E-state index in [2.05, 4.69) is 53.7 Å². The van der Waals surface area contributed by atoms with Crippen LogP contribution in [0.5, 0.6) is 0 Å². The summed E-state index contributed by atoms with van der Waals surface area (Å²) in [6.45, 7) is 3.94. The van der Waals surface area contributed by atoms with E-state index >= 15 is 0 Å². The standard InChI is InChI=1S/C13H19N3S2/c1-10-13(18-9-15-10)8-14-7-11(16(2)3)12-5-4-6-17-12/h4-6,9,11,14H,7-8H2,1-3H3. The van der Waals surface area contributed by atoms with Gasteiger partial charge in [0.05, 0.1) is 17.2 Å². The molecule has 0 spiro atoms. The van der Waals surface area contributed by atoms with Crippen molar-refractivity contribution in [3.05, 3.63) is 38.5 Å². The molecule has 0 saturated heterocycles. The Morgan fingerprint density at radius 1 is 1.39 bits per heavy atom. The van der Waals surface area contributed by atoms with Crippen molar-refractivity contribution < 1.29 is 0 Å². The summed E-state index contributed by atoms with van der Waals surface area (Å²) in [4.78, 5) is 9.27. The zero-order chi connectivity index (χ0) is 13.0. The van der Waals surface area contributed by atoms with Crippen molar-refractivity contribution in [2.45, 2.75) is 19.5 Å². The molecule has 2 aromatic heterocycles. The molecule has 3 nitrogen and oxygen atoms in total. The lowest BCUT2D eigenvalue weighted by Crippen LogP contribution is -2.30. The van der Waals surface area contributed by atoms with Crippen LogP contribution in [0.3, 0.4) is 0 Å². The fourth-order valence-electron chi connectivity index (χ4n) is 1.84. The normalized spacial score (nSPS) is 13.1. The first-order valence-corrected chi connectivity index (χ1v) is 7.74. The molecule has 1 atom stereocenters. The molecule has 2 heterocycles. The van der Waals surface area contributed by atoms with E-state index in [0.29, 0.717) is 6.04 Å². The van der Waals surface area contributed by atoms with Gasteiger partial charge in [0.25, 0.3) is 0 Å². The molecule has 0 aromatic carbocycles. The third-order valence-electron chi connectivity index (χ3n) is 2.96. The van der Waals surface area contributed by atoms with Gasteiger partial charge in [0, 0.05) is 22.8 Å². The molecule has 98 valence electrons. The van der Waals surface area contributed by atoms with E-state index in [0.717, 1.165) is 18.8 Å². The van der Waals surface area contributed by atoms with Gasteiger partial charge in [0.1, 0.15) is 0 Å². The summed E-state index contributed by atoms with van der Waals surface area (Å²) in [6, 6.07) is 4.76. The van der Waals surface area contributed by atoms with Gasteiger partial charge in [0.2, 0.25) is 0 Å². The second kappa shape index (κ2) is 6.43. The van der Waals surface area contributed by atoms with Crippen LogP contribution in [0.25, 0.3) is 0 Å². The molecule has 0 saturated carbocycles. The maximum atomic E-state index is 4.27. The van der Waals surface area contributed by atoms with Crippen molar-refractivity contribution in [2.75, 3.05) is 20.6 Å². The van der Waals surface area contributed by atoms with Crippen LogP contribution in [0.1, 0.15) is 21.5 Å². The van der Waals surface area contributed by atoms with Gasteiger partial charge < -0.3 is 10.2 Å². The molecular formula is C13H19N3S2. The first-order valence-electron chi connectivity index (χ1n) is 5.98. The van der Waals surface area contributed by atoms with E-state index in [1.165, 1.54) is 9.75 Å². The Morgan fingerprint density at radius 2 is 2.22 bits per heavy atom. The van der Waals surface area contributed by atoms with Crippen LogP contribution < -0.4 is 5.32 Å². The lowest BCUT2D eigenvalue weighted by atomic mass is 10.2. The highest BCUT2D eigenvalue weighted by molar-refractivity contribution is 7.10. The highest BCUT2D eigenvalue weighted by atomic mass is 32.1. The van der Waals surface area contributed by atoms with E-state index in [9.17, 15) is 0 Å². The second-order valence-electron chi connectivity index (χ2n) is 4.49. The molecule has 0 aliphatic carbocycles. The predicted molar refractivity (Wildman–Crippen MR) is 79.3 cm³/mol. The van der Waals surface area contributed by atoms with Crippen molar-refractivity contribution in [2.24, 2.45) is 0 Å². The van der Waals surface area contributed by atoms with Gasteiger partial charge in [0.15, 0.2) is 0 Å². The number of aryl methyl sites for hydroxylation is 1. The number of nitrogens with zero attached hydrogens (tertiary/aromatic N) is 2. The Bertz CT molecular complexity index is 462. The molecule has 0 amide bonds. The second-order valence-corrected chi connectivity index (χ2v) is 6.41. The minimum Gasteiger partial charge on any atom is -0.310 e. The summed E-state index contributed by atoms with van der Waals surface area (Å²) in [5.74, 6) is 0. The van der Waals surface area contributed by atoms with Gasteiger partial charge in [-0.3, -0.25) is 0 Å². The highest BCUT2D eigenvalue weighted by Crippen LogP contribution is 2.22. The largest absolute Gasteiger partial charge is 0.310 e. The Morgan fingerprint density at radius 3 is 2.78 bits per heavy atom. The maximum absolute atomic E-state index is 4.27. The number of hydrogen-bond donors (Lipinski definition) is 1. The molecule has 2 aromatic rings. The van der Waals surface area contributed by atoms with Crippen LogP contribution in [-0.4, -0.2) is 30.5 Å². The molecule has 0 aliphatic rings. The average molecular weight is 281 g/mol. The summed E-state index contributed by atoms with van der Waals surface area (Å²) >= 11 is 3.54. The number of thiazole rings is 1. The Kier molecular flexibility index (Phi) is 4.88. The highest BCUT2D eigenvalue weighted by Gasteiger charge is 2.14. The number of nitrogens with one attached hydrogen (secondary N) is 1. The molecule has 2 rings (SSSR count). The SMILES string of the molecule is Cc1ncsc1CNCC(c1cccs1)N(C)C. The molecule has 18 heavy (non-hydrogen) atoms. The zero-order valence-corrected chi connectivity index (χ0v) is 12.6. The van der Waals surface area contributed by atoms with Crippen molar-refractivity contribution in [3.8, 4) is 0 Å². The van der Waals surface area contributed by atoms with Crippen molar-refractivity contribution >= 4 is 22.7 Å². The summed E-state index contributed by atoms with van der Waals surface area (Å²) in [7, 11) is 4.26. The van der Waals surface area contributed by atoms with Crippen molar-refractivity contribution in [1.29, 1.82) is 0 Å². The topological polar surface area (TPSA) is 28.2 Å². The van der Waals surface area contributed by atoms with E-state index in [4.69, 9.17) is 0 Å². The number of likely N-dealkylation sites (N-methyl/N-ethyl adjacent to an activating group) is 1. The Balaban J connectivity index is 1.89. The van der Waals surface area contributed by atoms with Gasteiger partial charge >= 0.3 is 0 Å².